The van der Waals surface area contributed by atoms with Crippen molar-refractivity contribution in [3.05, 3.63) is 11.7 Å². The van der Waals surface area contributed by atoms with Crippen LogP contribution < -0.4 is 0 Å². The molecule has 0 unspecified atom stereocenters. The second-order valence-electron chi connectivity index (χ2n) is 1.76. The topological polar surface area (TPSA) is 9.23 Å². The molecule has 7 heteroatoms. The fourth-order valence-electron chi connectivity index (χ4n) is 0.506. The van der Waals surface area contributed by atoms with E-state index in [9.17, 15) is 26.3 Å². The molecule has 64 valence electrons. The molecule has 1 rings (SSSR count). The zero-order valence-corrected chi connectivity index (χ0v) is 4.68. The van der Waals surface area contributed by atoms with Gasteiger partial charge in [0, 0.05) is 0 Å². The first kappa shape index (κ1) is 8.38. The van der Waals surface area contributed by atoms with Crippen LogP contribution in [0.15, 0.2) is 11.7 Å². The van der Waals surface area contributed by atoms with Gasteiger partial charge in [0.1, 0.15) is 0 Å². The van der Waals surface area contributed by atoms with E-state index in [4.69, 9.17) is 0 Å². The van der Waals surface area contributed by atoms with Crippen molar-refractivity contribution in [3.8, 4) is 0 Å². The van der Waals surface area contributed by atoms with E-state index >= 15 is 0 Å². The first-order valence-electron chi connectivity index (χ1n) is 2.29. The molecule has 1 nitrogen and oxygen atoms in total. The molecule has 0 atom stereocenters. The van der Waals surface area contributed by atoms with Gasteiger partial charge in [-0.15, -0.1) is 0 Å². The number of ether oxygens (including phenoxy) is 1. The van der Waals surface area contributed by atoms with Gasteiger partial charge < -0.3 is 0 Å². The van der Waals surface area contributed by atoms with Gasteiger partial charge in [-0.3, -0.25) is 0 Å². The zero-order valence-electron chi connectivity index (χ0n) is 4.68. The molecule has 0 saturated carbocycles. The third kappa shape index (κ3) is 1.09. The second kappa shape index (κ2) is 1.90. The summed E-state index contributed by atoms with van der Waals surface area (Å²) in [5, 5.41) is 0. The maximum absolute atomic E-state index is 11.7. The van der Waals surface area contributed by atoms with Crippen LogP contribution in [0.3, 0.4) is 0 Å². The van der Waals surface area contributed by atoms with Crippen molar-refractivity contribution in [1.82, 2.24) is 0 Å². The van der Waals surface area contributed by atoms with Crippen molar-refractivity contribution < 1.29 is 31.1 Å². The molecule has 0 aromatic carbocycles. The molecular formula is C4F6O. The molecule has 0 amide bonds. The maximum atomic E-state index is 11.7. The molecule has 11 heavy (non-hydrogen) atoms. The van der Waals surface area contributed by atoms with E-state index in [2.05, 4.69) is 4.74 Å². The minimum atomic E-state index is -4.85. The molecule has 0 spiro atoms. The third-order valence-corrected chi connectivity index (χ3v) is 0.960. The molecule has 1 heterocycles. The van der Waals surface area contributed by atoms with Gasteiger partial charge >= 0.3 is 12.2 Å². The highest BCUT2D eigenvalue weighted by Crippen LogP contribution is 2.47. The van der Waals surface area contributed by atoms with Crippen LogP contribution in [0.4, 0.5) is 26.3 Å². The SMILES string of the molecule is FC1=C(F)C(F)(F)OC1(F)F. The molecule has 0 radical (unpaired) electrons. The Balaban J connectivity index is 3.09. The van der Waals surface area contributed by atoms with Crippen LogP contribution in [-0.4, -0.2) is 12.2 Å². The van der Waals surface area contributed by atoms with Gasteiger partial charge in [-0.2, -0.15) is 26.3 Å². The molecule has 0 N–H and O–H groups in total. The molecule has 0 fully saturated rings. The van der Waals surface area contributed by atoms with Crippen molar-refractivity contribution in [2.45, 2.75) is 12.2 Å². The summed E-state index contributed by atoms with van der Waals surface area (Å²) in [6.07, 6.45) is -9.71. The first-order valence-corrected chi connectivity index (χ1v) is 2.29. The summed E-state index contributed by atoms with van der Waals surface area (Å²) >= 11 is 0. The van der Waals surface area contributed by atoms with E-state index < -0.39 is 23.9 Å². The van der Waals surface area contributed by atoms with Crippen molar-refractivity contribution in [1.29, 1.82) is 0 Å². The van der Waals surface area contributed by atoms with Crippen molar-refractivity contribution in [2.75, 3.05) is 0 Å². The van der Waals surface area contributed by atoms with Crippen LogP contribution in [0.25, 0.3) is 0 Å². The van der Waals surface area contributed by atoms with Crippen LogP contribution in [0.2, 0.25) is 0 Å². The maximum Gasteiger partial charge on any atom is 0.417 e. The highest BCUT2D eigenvalue weighted by atomic mass is 19.3. The zero-order chi connectivity index (χ0) is 8.86. The normalized spacial score (nSPS) is 27.8. The number of hydrogen-bond acceptors (Lipinski definition) is 1. The smallest absolute Gasteiger partial charge is 0.243 e. The molecule has 0 saturated heterocycles. The third-order valence-electron chi connectivity index (χ3n) is 0.960. The van der Waals surface area contributed by atoms with Crippen molar-refractivity contribution >= 4 is 0 Å². The Morgan fingerprint density at radius 2 is 1.09 bits per heavy atom. The highest BCUT2D eigenvalue weighted by molar-refractivity contribution is 5.16. The summed E-state index contributed by atoms with van der Waals surface area (Å²) in [5.41, 5.74) is 0. The summed E-state index contributed by atoms with van der Waals surface area (Å²) in [4.78, 5) is 0. The molecule has 0 bridgehead atoms. The van der Waals surface area contributed by atoms with Crippen LogP contribution >= 0.6 is 0 Å². The monoisotopic (exact) mass is 178 g/mol. The Hall–Kier alpha value is -0.720. The summed E-state index contributed by atoms with van der Waals surface area (Å²) in [6.45, 7) is 0. The summed E-state index contributed by atoms with van der Waals surface area (Å²) < 4.78 is 72.8. The van der Waals surface area contributed by atoms with E-state index in [1.807, 2.05) is 0 Å². The number of rotatable bonds is 0. The molecule has 0 aromatic rings. The van der Waals surface area contributed by atoms with Gasteiger partial charge in [0.25, 0.3) is 0 Å². The quantitative estimate of drug-likeness (QED) is 0.517. The second-order valence-corrected chi connectivity index (χ2v) is 1.76. The average molecular weight is 178 g/mol. The van der Waals surface area contributed by atoms with Gasteiger partial charge in [-0.25, -0.2) is 4.74 Å². The van der Waals surface area contributed by atoms with E-state index in [0.29, 0.717) is 0 Å². The lowest BCUT2D eigenvalue weighted by Crippen LogP contribution is -2.24. The largest absolute Gasteiger partial charge is 0.417 e. The number of halogens is 6. The predicted octanol–water partition coefficient (Wildman–Crippen LogP) is 2.35. The fourth-order valence-corrected chi connectivity index (χ4v) is 0.506. The van der Waals surface area contributed by atoms with E-state index in [1.165, 1.54) is 0 Å². The van der Waals surface area contributed by atoms with Gasteiger partial charge in [0.05, 0.1) is 0 Å². The van der Waals surface area contributed by atoms with Crippen molar-refractivity contribution in [3.63, 3.8) is 0 Å². The molecule has 1 aliphatic heterocycles. The minimum Gasteiger partial charge on any atom is -0.243 e. The Bertz CT molecular complexity index is 197. The van der Waals surface area contributed by atoms with Crippen LogP contribution in [0, 0.1) is 0 Å². The standard InChI is InChI=1S/C4F6O/c5-1-2(6)4(9,10)11-3(1,7)8. The van der Waals surface area contributed by atoms with Crippen LogP contribution in [0.5, 0.6) is 0 Å². The van der Waals surface area contributed by atoms with Gasteiger partial charge in [0.2, 0.25) is 11.7 Å². The lowest BCUT2D eigenvalue weighted by atomic mass is 10.4. The van der Waals surface area contributed by atoms with E-state index in [-0.39, 0.29) is 0 Å². The molecule has 0 aliphatic carbocycles. The average Bonchev–Trinajstić information content (AvgIpc) is 1.91. The lowest BCUT2D eigenvalue weighted by molar-refractivity contribution is -0.329. The lowest BCUT2D eigenvalue weighted by Gasteiger charge is -2.10. The van der Waals surface area contributed by atoms with Crippen LogP contribution in [0.1, 0.15) is 0 Å². The van der Waals surface area contributed by atoms with Crippen LogP contribution in [-0.2, 0) is 4.74 Å². The van der Waals surface area contributed by atoms with Crippen molar-refractivity contribution in [2.24, 2.45) is 0 Å². The minimum absolute atomic E-state index is 2.47. The summed E-state index contributed by atoms with van der Waals surface area (Å²) in [6, 6.07) is 0. The number of hydrogen-bond donors (Lipinski definition) is 0. The first-order chi connectivity index (χ1) is 4.77. The Morgan fingerprint density at radius 3 is 1.18 bits per heavy atom. The van der Waals surface area contributed by atoms with E-state index in [1.54, 1.807) is 0 Å². The van der Waals surface area contributed by atoms with E-state index in [0.717, 1.165) is 0 Å². The Kier molecular flexibility index (Phi) is 1.45. The molecule has 0 aromatic heterocycles. The van der Waals surface area contributed by atoms with Gasteiger partial charge in [-0.1, -0.05) is 0 Å². The summed E-state index contributed by atoms with van der Waals surface area (Å²) in [7, 11) is 0. The molecule has 1 aliphatic rings. The number of alkyl halides is 4. The Morgan fingerprint density at radius 1 is 0.818 bits per heavy atom. The van der Waals surface area contributed by atoms with Gasteiger partial charge in [0.15, 0.2) is 0 Å². The predicted molar refractivity (Wildman–Crippen MR) is 20.2 cm³/mol. The summed E-state index contributed by atoms with van der Waals surface area (Å²) in [5.74, 6) is -5.75. The fraction of sp³-hybridized carbons (Fsp3) is 0.500. The van der Waals surface area contributed by atoms with Gasteiger partial charge in [-0.05, 0) is 0 Å². The highest BCUT2D eigenvalue weighted by Gasteiger charge is 2.61. The molecular weight excluding hydrogens is 178 g/mol. The Labute approximate surface area is 56.2 Å².